The summed E-state index contributed by atoms with van der Waals surface area (Å²) in [6.07, 6.45) is 4.49. The van der Waals surface area contributed by atoms with Crippen molar-refractivity contribution in [2.45, 2.75) is 12.5 Å². The molecule has 0 spiro atoms. The highest BCUT2D eigenvalue weighted by atomic mass is 16.3. The van der Waals surface area contributed by atoms with Gasteiger partial charge in [-0.2, -0.15) is 0 Å². The quantitative estimate of drug-likeness (QED) is 0.475. The number of primary amides is 1. The Morgan fingerprint density at radius 2 is 2.45 bits per heavy atom. The standard InChI is InChI=1S/C7H12N2O2/c8-7(11)9-6-2-1-5(3-6)4-10/h1-2,5-6,10H,3-4H2,(H3,8,9,11)/t5-,6+/m1/s1. The Hall–Kier alpha value is -1.03. The molecule has 4 nitrogen and oxygen atoms in total. The summed E-state index contributed by atoms with van der Waals surface area (Å²) < 4.78 is 0. The minimum absolute atomic E-state index is 0.00431. The second-order valence-corrected chi connectivity index (χ2v) is 2.68. The molecule has 1 rings (SSSR count). The molecule has 0 saturated carbocycles. The zero-order valence-electron chi connectivity index (χ0n) is 6.16. The molecular weight excluding hydrogens is 144 g/mol. The molecule has 0 bridgehead atoms. The van der Waals surface area contributed by atoms with Crippen molar-refractivity contribution in [2.24, 2.45) is 11.7 Å². The van der Waals surface area contributed by atoms with Crippen LogP contribution in [-0.2, 0) is 0 Å². The van der Waals surface area contributed by atoms with E-state index in [1.165, 1.54) is 0 Å². The first-order valence-corrected chi connectivity index (χ1v) is 3.57. The highest BCUT2D eigenvalue weighted by Crippen LogP contribution is 2.16. The van der Waals surface area contributed by atoms with E-state index in [9.17, 15) is 4.79 Å². The van der Waals surface area contributed by atoms with Crippen LogP contribution in [0.4, 0.5) is 4.79 Å². The van der Waals surface area contributed by atoms with E-state index in [4.69, 9.17) is 10.8 Å². The summed E-state index contributed by atoms with van der Waals surface area (Å²) in [6, 6.07) is -0.511. The Kier molecular flexibility index (Phi) is 2.48. The molecule has 4 heteroatoms. The number of aliphatic hydroxyl groups is 1. The fourth-order valence-corrected chi connectivity index (χ4v) is 1.20. The lowest BCUT2D eigenvalue weighted by Gasteiger charge is -2.09. The first-order valence-electron chi connectivity index (χ1n) is 3.57. The maximum Gasteiger partial charge on any atom is 0.312 e. The first kappa shape index (κ1) is 8.07. The molecule has 2 amide bonds. The van der Waals surface area contributed by atoms with E-state index < -0.39 is 6.03 Å². The molecule has 62 valence electrons. The number of hydrogen-bond donors (Lipinski definition) is 3. The monoisotopic (exact) mass is 156 g/mol. The highest BCUT2D eigenvalue weighted by molar-refractivity contribution is 5.72. The third kappa shape index (κ3) is 2.23. The van der Waals surface area contributed by atoms with Gasteiger partial charge < -0.3 is 16.2 Å². The van der Waals surface area contributed by atoms with Crippen molar-refractivity contribution in [3.63, 3.8) is 0 Å². The summed E-state index contributed by atoms with van der Waals surface area (Å²) >= 11 is 0. The molecule has 0 unspecified atom stereocenters. The second kappa shape index (κ2) is 3.39. The Morgan fingerprint density at radius 3 is 2.91 bits per heavy atom. The topological polar surface area (TPSA) is 75.4 Å². The van der Waals surface area contributed by atoms with Crippen molar-refractivity contribution < 1.29 is 9.90 Å². The zero-order valence-corrected chi connectivity index (χ0v) is 6.16. The first-order chi connectivity index (χ1) is 5.22. The van der Waals surface area contributed by atoms with Gasteiger partial charge >= 0.3 is 6.03 Å². The highest BCUT2D eigenvalue weighted by Gasteiger charge is 2.18. The molecule has 4 N–H and O–H groups in total. The van der Waals surface area contributed by atoms with Crippen molar-refractivity contribution in [3.8, 4) is 0 Å². The number of urea groups is 1. The maximum atomic E-state index is 10.4. The van der Waals surface area contributed by atoms with Gasteiger partial charge in [0.2, 0.25) is 0 Å². The van der Waals surface area contributed by atoms with Gasteiger partial charge in [-0.3, -0.25) is 0 Å². The third-order valence-corrected chi connectivity index (χ3v) is 1.73. The number of nitrogens with two attached hydrogens (primary N) is 1. The van der Waals surface area contributed by atoms with Crippen LogP contribution in [0.3, 0.4) is 0 Å². The molecule has 0 saturated heterocycles. The molecule has 0 aromatic rings. The molecular formula is C7H12N2O2. The minimum Gasteiger partial charge on any atom is -0.396 e. The van der Waals surface area contributed by atoms with Crippen molar-refractivity contribution in [2.75, 3.05) is 6.61 Å². The van der Waals surface area contributed by atoms with E-state index in [0.29, 0.717) is 0 Å². The maximum absolute atomic E-state index is 10.4. The molecule has 2 atom stereocenters. The average molecular weight is 156 g/mol. The normalized spacial score (nSPS) is 28.8. The summed E-state index contributed by atoms with van der Waals surface area (Å²) in [7, 11) is 0. The van der Waals surface area contributed by atoms with E-state index in [0.717, 1.165) is 6.42 Å². The van der Waals surface area contributed by atoms with Gasteiger partial charge in [-0.25, -0.2) is 4.79 Å². The number of aliphatic hydroxyl groups excluding tert-OH is 1. The van der Waals surface area contributed by atoms with Gasteiger partial charge in [0.1, 0.15) is 0 Å². The molecule has 1 aliphatic rings. The number of rotatable bonds is 2. The molecule has 0 radical (unpaired) electrons. The van der Waals surface area contributed by atoms with Crippen molar-refractivity contribution >= 4 is 6.03 Å². The SMILES string of the molecule is NC(=O)N[C@H]1C=C[C@@H](CO)C1. The lowest BCUT2D eigenvalue weighted by atomic mass is 10.1. The Labute approximate surface area is 65.1 Å². The Bertz CT molecular complexity index is 179. The predicted octanol–water partition coefficient (Wildman–Crippen LogP) is -0.408. The summed E-state index contributed by atoms with van der Waals surface area (Å²) in [6.45, 7) is 0.132. The smallest absolute Gasteiger partial charge is 0.312 e. The number of nitrogens with one attached hydrogen (secondary N) is 1. The van der Waals surface area contributed by atoms with Crippen molar-refractivity contribution in [3.05, 3.63) is 12.2 Å². The van der Waals surface area contributed by atoms with E-state index in [1.54, 1.807) is 0 Å². The number of carbonyl (C=O) groups excluding carboxylic acids is 1. The summed E-state index contributed by atoms with van der Waals surface area (Å²) in [5, 5.41) is 11.3. The van der Waals surface area contributed by atoms with Gasteiger partial charge in [0.15, 0.2) is 0 Å². The van der Waals surface area contributed by atoms with Crippen LogP contribution in [0.15, 0.2) is 12.2 Å². The van der Waals surface area contributed by atoms with Gasteiger partial charge in [-0.1, -0.05) is 12.2 Å². The van der Waals surface area contributed by atoms with Crippen LogP contribution in [0.5, 0.6) is 0 Å². The molecule has 11 heavy (non-hydrogen) atoms. The van der Waals surface area contributed by atoms with E-state index in [2.05, 4.69) is 5.32 Å². The zero-order chi connectivity index (χ0) is 8.27. The van der Waals surface area contributed by atoms with Crippen LogP contribution in [0.2, 0.25) is 0 Å². The Morgan fingerprint density at radius 1 is 1.73 bits per heavy atom. The molecule has 0 aliphatic heterocycles. The fraction of sp³-hybridized carbons (Fsp3) is 0.571. The fourth-order valence-electron chi connectivity index (χ4n) is 1.20. The summed E-state index contributed by atoms with van der Waals surface area (Å²) in [5.74, 6) is 0.173. The van der Waals surface area contributed by atoms with Crippen LogP contribution in [-0.4, -0.2) is 23.8 Å². The van der Waals surface area contributed by atoms with Gasteiger partial charge in [-0.15, -0.1) is 0 Å². The largest absolute Gasteiger partial charge is 0.396 e. The van der Waals surface area contributed by atoms with E-state index >= 15 is 0 Å². The van der Waals surface area contributed by atoms with Gasteiger partial charge in [0, 0.05) is 18.6 Å². The van der Waals surface area contributed by atoms with Gasteiger partial charge in [-0.05, 0) is 6.42 Å². The van der Waals surface area contributed by atoms with Crippen LogP contribution in [0.25, 0.3) is 0 Å². The lowest BCUT2D eigenvalue weighted by molar-refractivity contribution is 0.236. The average Bonchev–Trinajstić information content (AvgIpc) is 2.34. The van der Waals surface area contributed by atoms with Crippen LogP contribution in [0, 0.1) is 5.92 Å². The molecule has 0 aromatic heterocycles. The molecule has 1 aliphatic carbocycles. The number of carbonyl (C=O) groups is 1. The van der Waals surface area contributed by atoms with Crippen LogP contribution < -0.4 is 11.1 Å². The summed E-state index contributed by atoms with van der Waals surface area (Å²) in [5.41, 5.74) is 4.91. The second-order valence-electron chi connectivity index (χ2n) is 2.68. The third-order valence-electron chi connectivity index (χ3n) is 1.73. The molecule has 0 fully saturated rings. The Balaban J connectivity index is 2.32. The molecule has 0 aromatic carbocycles. The van der Waals surface area contributed by atoms with E-state index in [-0.39, 0.29) is 18.6 Å². The minimum atomic E-state index is -0.516. The van der Waals surface area contributed by atoms with Crippen molar-refractivity contribution in [1.82, 2.24) is 5.32 Å². The summed E-state index contributed by atoms with van der Waals surface area (Å²) in [4.78, 5) is 10.4. The van der Waals surface area contributed by atoms with Gasteiger partial charge in [0.05, 0.1) is 0 Å². The van der Waals surface area contributed by atoms with Crippen LogP contribution in [0.1, 0.15) is 6.42 Å². The van der Waals surface area contributed by atoms with Crippen molar-refractivity contribution in [1.29, 1.82) is 0 Å². The number of amides is 2. The van der Waals surface area contributed by atoms with E-state index in [1.807, 2.05) is 12.2 Å². The van der Waals surface area contributed by atoms with Gasteiger partial charge in [0.25, 0.3) is 0 Å². The molecule has 0 heterocycles. The lowest BCUT2D eigenvalue weighted by Crippen LogP contribution is -2.36. The number of hydrogen-bond acceptors (Lipinski definition) is 2. The predicted molar refractivity (Wildman–Crippen MR) is 40.8 cm³/mol. The van der Waals surface area contributed by atoms with Crippen LogP contribution >= 0.6 is 0 Å².